The van der Waals surface area contributed by atoms with Crippen LogP contribution in [0, 0.1) is 6.92 Å². The smallest absolute Gasteiger partial charge is 0.331 e. The predicted molar refractivity (Wildman–Crippen MR) is 55.3 cm³/mol. The van der Waals surface area contributed by atoms with Crippen LogP contribution >= 0.6 is 0 Å². The van der Waals surface area contributed by atoms with E-state index in [4.69, 9.17) is 10.8 Å². The first-order valence-corrected chi connectivity index (χ1v) is 4.62. The van der Waals surface area contributed by atoms with Gasteiger partial charge in [-0.25, -0.2) is 9.18 Å². The molecule has 0 saturated heterocycles. The summed E-state index contributed by atoms with van der Waals surface area (Å²) < 4.78 is 13.3. The van der Waals surface area contributed by atoms with Crippen LogP contribution < -0.4 is 5.73 Å². The Labute approximate surface area is 87.7 Å². The number of halogens is 1. The Morgan fingerprint density at radius 3 is 2.27 bits per heavy atom. The zero-order valence-corrected chi connectivity index (χ0v) is 8.70. The molecule has 0 saturated carbocycles. The Morgan fingerprint density at radius 1 is 1.47 bits per heavy atom. The molecule has 0 aliphatic carbocycles. The first kappa shape index (κ1) is 11.7. The summed E-state index contributed by atoms with van der Waals surface area (Å²) in [6, 6.07) is 6.50. The number of nitrogens with two attached hydrogens (primary N) is 1. The van der Waals surface area contributed by atoms with Crippen LogP contribution in [-0.4, -0.2) is 17.2 Å². The lowest BCUT2D eigenvalue weighted by atomic mass is 9.86. The van der Waals surface area contributed by atoms with E-state index in [1.54, 1.807) is 24.3 Å². The van der Waals surface area contributed by atoms with Gasteiger partial charge in [-0.15, -0.1) is 0 Å². The van der Waals surface area contributed by atoms with Crippen molar-refractivity contribution in [2.24, 2.45) is 5.73 Å². The van der Waals surface area contributed by atoms with Crippen molar-refractivity contribution in [1.82, 2.24) is 0 Å². The first-order chi connectivity index (χ1) is 6.89. The number of rotatable bonds is 3. The molecule has 3 N–H and O–H groups in total. The maximum absolute atomic E-state index is 13.3. The molecule has 2 atom stereocenters. The van der Waals surface area contributed by atoms with E-state index in [9.17, 15) is 9.18 Å². The Bertz CT molecular complexity index is 361. The molecule has 0 heterocycles. The second-order valence-electron chi connectivity index (χ2n) is 3.66. The van der Waals surface area contributed by atoms with Crippen LogP contribution in [0.3, 0.4) is 0 Å². The van der Waals surface area contributed by atoms with Gasteiger partial charge in [0.25, 0.3) is 0 Å². The number of alkyl halides is 1. The molecule has 0 aromatic heterocycles. The highest BCUT2D eigenvalue weighted by atomic mass is 19.1. The number of aryl methyl sites for hydroxylation is 1. The van der Waals surface area contributed by atoms with Gasteiger partial charge in [0.1, 0.15) is 6.17 Å². The SMILES string of the molecule is Cc1ccc(C(N)(C(=O)O)C(C)F)cc1. The number of hydrogen-bond acceptors (Lipinski definition) is 2. The van der Waals surface area contributed by atoms with Crippen molar-refractivity contribution in [2.75, 3.05) is 0 Å². The molecule has 15 heavy (non-hydrogen) atoms. The molecule has 0 spiro atoms. The standard InChI is InChI=1S/C11H14FNO2/c1-7-3-5-9(6-4-7)11(13,8(2)12)10(14)15/h3-6,8H,13H2,1-2H3,(H,14,15). The fraction of sp³-hybridized carbons (Fsp3) is 0.364. The van der Waals surface area contributed by atoms with Crippen LogP contribution in [0.15, 0.2) is 24.3 Å². The average molecular weight is 211 g/mol. The van der Waals surface area contributed by atoms with E-state index in [-0.39, 0.29) is 5.56 Å². The van der Waals surface area contributed by atoms with Gasteiger partial charge in [0.2, 0.25) is 0 Å². The topological polar surface area (TPSA) is 63.3 Å². The average Bonchev–Trinajstić information content (AvgIpc) is 2.17. The number of hydrogen-bond donors (Lipinski definition) is 2. The molecule has 1 rings (SSSR count). The molecule has 0 radical (unpaired) electrons. The number of carboxylic acid groups (broad SMARTS) is 1. The number of aliphatic carboxylic acids is 1. The van der Waals surface area contributed by atoms with E-state index in [2.05, 4.69) is 0 Å². The normalized spacial score (nSPS) is 16.8. The zero-order chi connectivity index (χ0) is 11.6. The summed E-state index contributed by atoms with van der Waals surface area (Å²) in [7, 11) is 0. The Balaban J connectivity index is 3.22. The van der Waals surface area contributed by atoms with Crippen molar-refractivity contribution in [3.63, 3.8) is 0 Å². The van der Waals surface area contributed by atoms with Crippen molar-refractivity contribution < 1.29 is 14.3 Å². The summed E-state index contributed by atoms with van der Waals surface area (Å²) in [6.45, 7) is 3.01. The summed E-state index contributed by atoms with van der Waals surface area (Å²) >= 11 is 0. The van der Waals surface area contributed by atoms with E-state index >= 15 is 0 Å². The lowest BCUT2D eigenvalue weighted by Gasteiger charge is -2.26. The summed E-state index contributed by atoms with van der Waals surface area (Å²) in [6.07, 6.45) is -1.65. The molecule has 0 bridgehead atoms. The summed E-state index contributed by atoms with van der Waals surface area (Å²) in [5.41, 5.74) is 4.86. The van der Waals surface area contributed by atoms with Gasteiger partial charge in [0, 0.05) is 0 Å². The molecule has 0 aliphatic heterocycles. The highest BCUT2D eigenvalue weighted by Gasteiger charge is 2.42. The van der Waals surface area contributed by atoms with Gasteiger partial charge >= 0.3 is 5.97 Å². The summed E-state index contributed by atoms with van der Waals surface area (Å²) in [4.78, 5) is 11.0. The van der Waals surface area contributed by atoms with E-state index in [1.165, 1.54) is 0 Å². The minimum absolute atomic E-state index is 0.274. The van der Waals surface area contributed by atoms with Gasteiger partial charge in [-0.1, -0.05) is 29.8 Å². The van der Waals surface area contributed by atoms with Crippen molar-refractivity contribution in [2.45, 2.75) is 25.6 Å². The van der Waals surface area contributed by atoms with Crippen LogP contribution in [0.5, 0.6) is 0 Å². The van der Waals surface area contributed by atoms with Crippen LogP contribution in [-0.2, 0) is 10.3 Å². The summed E-state index contributed by atoms with van der Waals surface area (Å²) in [5.74, 6) is -1.36. The fourth-order valence-electron chi connectivity index (χ4n) is 1.35. The molecule has 0 aliphatic rings. The molecule has 2 unspecified atom stereocenters. The molecule has 4 heteroatoms. The Morgan fingerprint density at radius 2 is 1.93 bits per heavy atom. The second-order valence-corrected chi connectivity index (χ2v) is 3.66. The number of carbonyl (C=O) groups is 1. The molecule has 0 fully saturated rings. The molecular weight excluding hydrogens is 197 g/mol. The molecular formula is C11H14FNO2. The molecule has 1 aromatic rings. The van der Waals surface area contributed by atoms with Gasteiger partial charge in [-0.05, 0) is 19.4 Å². The van der Waals surface area contributed by atoms with Crippen LogP contribution in [0.2, 0.25) is 0 Å². The van der Waals surface area contributed by atoms with Gasteiger partial charge < -0.3 is 10.8 Å². The quantitative estimate of drug-likeness (QED) is 0.798. The molecule has 1 aromatic carbocycles. The number of benzene rings is 1. The lowest BCUT2D eigenvalue weighted by molar-refractivity contribution is -0.146. The Hall–Kier alpha value is -1.42. The summed E-state index contributed by atoms with van der Waals surface area (Å²) in [5, 5.41) is 8.96. The zero-order valence-electron chi connectivity index (χ0n) is 8.70. The monoisotopic (exact) mass is 211 g/mol. The van der Waals surface area contributed by atoms with Gasteiger partial charge in [0.05, 0.1) is 0 Å². The van der Waals surface area contributed by atoms with Crippen molar-refractivity contribution in [3.05, 3.63) is 35.4 Å². The van der Waals surface area contributed by atoms with Crippen LogP contribution in [0.1, 0.15) is 18.1 Å². The van der Waals surface area contributed by atoms with Crippen LogP contribution in [0.25, 0.3) is 0 Å². The lowest BCUT2D eigenvalue weighted by Crippen LogP contribution is -2.51. The third-order valence-electron chi connectivity index (χ3n) is 2.51. The largest absolute Gasteiger partial charge is 0.480 e. The van der Waals surface area contributed by atoms with Crippen molar-refractivity contribution >= 4 is 5.97 Å². The first-order valence-electron chi connectivity index (χ1n) is 4.62. The van der Waals surface area contributed by atoms with Crippen molar-refractivity contribution in [3.8, 4) is 0 Å². The van der Waals surface area contributed by atoms with Gasteiger partial charge in [-0.2, -0.15) is 0 Å². The van der Waals surface area contributed by atoms with E-state index in [0.717, 1.165) is 12.5 Å². The predicted octanol–water partition coefficient (Wildman–Crippen LogP) is 1.59. The van der Waals surface area contributed by atoms with Gasteiger partial charge in [0.15, 0.2) is 5.54 Å². The minimum Gasteiger partial charge on any atom is -0.480 e. The van der Waals surface area contributed by atoms with E-state index < -0.39 is 17.7 Å². The molecule has 82 valence electrons. The maximum atomic E-state index is 13.3. The highest BCUT2D eigenvalue weighted by molar-refractivity contribution is 5.81. The van der Waals surface area contributed by atoms with Gasteiger partial charge in [-0.3, -0.25) is 0 Å². The van der Waals surface area contributed by atoms with Crippen LogP contribution in [0.4, 0.5) is 4.39 Å². The maximum Gasteiger partial charge on any atom is 0.331 e. The highest BCUT2D eigenvalue weighted by Crippen LogP contribution is 2.25. The fourth-order valence-corrected chi connectivity index (χ4v) is 1.35. The van der Waals surface area contributed by atoms with E-state index in [0.29, 0.717) is 0 Å². The molecule has 3 nitrogen and oxygen atoms in total. The van der Waals surface area contributed by atoms with Crippen molar-refractivity contribution in [1.29, 1.82) is 0 Å². The third-order valence-corrected chi connectivity index (χ3v) is 2.51. The third kappa shape index (κ3) is 1.99. The second kappa shape index (κ2) is 3.98. The minimum atomic E-state index is -1.96. The molecule has 0 amide bonds. The van der Waals surface area contributed by atoms with E-state index in [1.807, 2.05) is 6.92 Å². The number of carboxylic acids is 1. The Kier molecular flexibility index (Phi) is 3.09.